The van der Waals surface area contributed by atoms with Crippen LogP contribution in [0.2, 0.25) is 0 Å². The Balaban J connectivity index is 1.69. The largest absolute Gasteiger partial charge is 0.366 e. The molecule has 172 valence electrons. The highest BCUT2D eigenvalue weighted by Crippen LogP contribution is 2.33. The van der Waals surface area contributed by atoms with E-state index in [0.29, 0.717) is 5.56 Å². The normalized spacial score (nSPS) is 11.4. The first-order valence-corrected chi connectivity index (χ1v) is 11.6. The summed E-state index contributed by atoms with van der Waals surface area (Å²) >= 11 is 0. The second-order valence-corrected chi connectivity index (χ2v) is 8.58. The molecule has 0 atom stereocenters. The van der Waals surface area contributed by atoms with Gasteiger partial charge < -0.3 is 14.9 Å². The number of benzene rings is 2. The van der Waals surface area contributed by atoms with Gasteiger partial charge in [-0.1, -0.05) is 26.3 Å². The number of fused-ring (bicyclic) bond motifs is 1. The molecule has 0 aliphatic carbocycles. The van der Waals surface area contributed by atoms with E-state index in [1.165, 1.54) is 10.9 Å². The highest BCUT2D eigenvalue weighted by Gasteiger charge is 2.17. The van der Waals surface area contributed by atoms with Crippen molar-refractivity contribution in [3.63, 3.8) is 0 Å². The number of carbonyl (C=O) groups is 1. The van der Waals surface area contributed by atoms with Gasteiger partial charge in [0, 0.05) is 47.8 Å². The Morgan fingerprint density at radius 3 is 2.59 bits per heavy atom. The molecule has 7 heteroatoms. The van der Waals surface area contributed by atoms with E-state index < -0.39 is 5.91 Å². The van der Waals surface area contributed by atoms with E-state index in [1.807, 2.05) is 44.0 Å². The lowest BCUT2D eigenvalue weighted by atomic mass is 10.1. The number of hydrogen-bond donors (Lipinski definition) is 1. The second kappa shape index (κ2) is 8.67. The number of aryl methyl sites for hydroxylation is 3. The van der Waals surface area contributed by atoms with Crippen LogP contribution in [0.15, 0.2) is 67.5 Å². The summed E-state index contributed by atoms with van der Waals surface area (Å²) in [6, 6.07) is 12.1. The standard InChI is InChI=1S/C27H28N6O/c1-4-7-20-15-33(23-11-10-19(27(28)34)12-18(23)5-2)25-9-6-8-24(26(20)25)32-16-22(29-17-32)21-13-30-31(3)14-21/h6,8-17H,4-5,7H2,1-3H3,(H2,28,34). The van der Waals surface area contributed by atoms with Gasteiger partial charge in [-0.15, -0.1) is 0 Å². The molecule has 0 radical (unpaired) electrons. The van der Waals surface area contributed by atoms with Gasteiger partial charge >= 0.3 is 0 Å². The van der Waals surface area contributed by atoms with Crippen LogP contribution in [-0.2, 0) is 19.9 Å². The molecule has 7 nitrogen and oxygen atoms in total. The average molecular weight is 453 g/mol. The van der Waals surface area contributed by atoms with Crippen LogP contribution in [0.4, 0.5) is 0 Å². The van der Waals surface area contributed by atoms with Crippen molar-refractivity contribution in [2.45, 2.75) is 33.1 Å². The molecular weight excluding hydrogens is 424 g/mol. The lowest BCUT2D eigenvalue weighted by Crippen LogP contribution is -2.12. The summed E-state index contributed by atoms with van der Waals surface area (Å²) in [5, 5.41) is 5.48. The topological polar surface area (TPSA) is 83.7 Å². The van der Waals surface area contributed by atoms with Crippen molar-refractivity contribution in [3.8, 4) is 22.6 Å². The van der Waals surface area contributed by atoms with Crippen molar-refractivity contribution < 1.29 is 4.79 Å². The number of imidazole rings is 1. The molecular formula is C27H28N6O. The summed E-state index contributed by atoms with van der Waals surface area (Å²) in [4.78, 5) is 16.4. The SMILES string of the molecule is CCCc1cn(-c2ccc(C(N)=O)cc2CC)c2cccc(-n3cnc(-c4cnn(C)c4)c3)c12. The van der Waals surface area contributed by atoms with Crippen LogP contribution in [0.3, 0.4) is 0 Å². The fraction of sp³-hybridized carbons (Fsp3) is 0.222. The minimum Gasteiger partial charge on any atom is -0.366 e. The Kier molecular flexibility index (Phi) is 5.53. The summed E-state index contributed by atoms with van der Waals surface area (Å²) in [5.74, 6) is -0.405. The number of rotatable bonds is 7. The van der Waals surface area contributed by atoms with Gasteiger partial charge in [-0.2, -0.15) is 5.10 Å². The van der Waals surface area contributed by atoms with E-state index in [0.717, 1.165) is 53.0 Å². The van der Waals surface area contributed by atoms with E-state index in [4.69, 9.17) is 5.73 Å². The summed E-state index contributed by atoms with van der Waals surface area (Å²) in [6.07, 6.45) is 12.7. The predicted molar refractivity (Wildman–Crippen MR) is 134 cm³/mol. The van der Waals surface area contributed by atoms with Crippen LogP contribution >= 0.6 is 0 Å². The minimum atomic E-state index is -0.405. The molecule has 2 N–H and O–H groups in total. The Labute approximate surface area is 198 Å². The van der Waals surface area contributed by atoms with Crippen molar-refractivity contribution >= 4 is 16.8 Å². The Morgan fingerprint density at radius 2 is 1.88 bits per heavy atom. The molecule has 0 unspecified atom stereocenters. The maximum Gasteiger partial charge on any atom is 0.248 e. The molecule has 0 spiro atoms. The predicted octanol–water partition coefficient (Wildman–Crippen LogP) is 4.83. The molecule has 0 aliphatic rings. The molecule has 5 rings (SSSR count). The van der Waals surface area contributed by atoms with Crippen LogP contribution < -0.4 is 5.73 Å². The number of aromatic nitrogens is 5. The van der Waals surface area contributed by atoms with Gasteiger partial charge in [0.2, 0.25) is 5.91 Å². The molecule has 5 aromatic rings. The van der Waals surface area contributed by atoms with Crippen molar-refractivity contribution in [2.75, 3.05) is 0 Å². The number of hydrogen-bond acceptors (Lipinski definition) is 3. The molecule has 34 heavy (non-hydrogen) atoms. The van der Waals surface area contributed by atoms with Gasteiger partial charge in [-0.05, 0) is 54.3 Å². The molecule has 1 amide bonds. The second-order valence-electron chi connectivity index (χ2n) is 8.58. The summed E-state index contributed by atoms with van der Waals surface area (Å²) < 4.78 is 6.11. The van der Waals surface area contributed by atoms with Gasteiger partial charge in [0.15, 0.2) is 0 Å². The summed E-state index contributed by atoms with van der Waals surface area (Å²) in [7, 11) is 1.90. The van der Waals surface area contributed by atoms with Crippen molar-refractivity contribution in [3.05, 3.63) is 84.2 Å². The van der Waals surface area contributed by atoms with Gasteiger partial charge in [-0.25, -0.2) is 4.98 Å². The van der Waals surface area contributed by atoms with Gasteiger partial charge in [0.1, 0.15) is 0 Å². The molecule has 3 heterocycles. The third-order valence-corrected chi connectivity index (χ3v) is 6.27. The molecule has 0 fully saturated rings. The molecule has 0 saturated heterocycles. The van der Waals surface area contributed by atoms with E-state index >= 15 is 0 Å². The smallest absolute Gasteiger partial charge is 0.248 e. The average Bonchev–Trinajstić information content (AvgIpc) is 3.57. The van der Waals surface area contributed by atoms with Gasteiger partial charge in [0.05, 0.1) is 29.4 Å². The fourth-order valence-electron chi connectivity index (χ4n) is 4.64. The van der Waals surface area contributed by atoms with Gasteiger partial charge in [-0.3, -0.25) is 9.48 Å². The Morgan fingerprint density at radius 1 is 1.03 bits per heavy atom. The summed E-state index contributed by atoms with van der Waals surface area (Å²) in [6.45, 7) is 4.29. The van der Waals surface area contributed by atoms with E-state index in [9.17, 15) is 4.79 Å². The fourth-order valence-corrected chi connectivity index (χ4v) is 4.64. The van der Waals surface area contributed by atoms with Crippen LogP contribution in [0, 0.1) is 0 Å². The van der Waals surface area contributed by atoms with E-state index in [1.54, 1.807) is 4.68 Å². The highest BCUT2D eigenvalue weighted by atomic mass is 16.1. The molecule has 2 aromatic carbocycles. The van der Waals surface area contributed by atoms with Crippen LogP contribution in [0.25, 0.3) is 33.5 Å². The maximum atomic E-state index is 11.7. The number of carbonyl (C=O) groups excluding carboxylic acids is 1. The zero-order valence-corrected chi connectivity index (χ0v) is 19.7. The first kappa shape index (κ1) is 21.7. The minimum absolute atomic E-state index is 0.405. The number of amides is 1. The van der Waals surface area contributed by atoms with Crippen molar-refractivity contribution in [1.82, 2.24) is 23.9 Å². The molecule has 3 aromatic heterocycles. The maximum absolute atomic E-state index is 11.7. The van der Waals surface area contributed by atoms with E-state index in [2.05, 4.69) is 63.7 Å². The summed E-state index contributed by atoms with van der Waals surface area (Å²) in [5.41, 5.74) is 13.6. The van der Waals surface area contributed by atoms with Crippen molar-refractivity contribution in [2.24, 2.45) is 12.8 Å². The number of nitrogens with two attached hydrogens (primary N) is 1. The highest BCUT2D eigenvalue weighted by molar-refractivity contribution is 5.95. The molecule has 0 aliphatic heterocycles. The van der Waals surface area contributed by atoms with E-state index in [-0.39, 0.29) is 0 Å². The van der Waals surface area contributed by atoms with Crippen molar-refractivity contribution in [1.29, 1.82) is 0 Å². The molecule has 0 bridgehead atoms. The zero-order chi connectivity index (χ0) is 23.8. The van der Waals surface area contributed by atoms with Crippen LogP contribution in [0.1, 0.15) is 41.8 Å². The number of primary amides is 1. The van der Waals surface area contributed by atoms with Crippen LogP contribution in [0.5, 0.6) is 0 Å². The molecule has 0 saturated carbocycles. The first-order valence-electron chi connectivity index (χ1n) is 11.6. The van der Waals surface area contributed by atoms with Crippen LogP contribution in [-0.4, -0.2) is 29.8 Å². The first-order chi connectivity index (χ1) is 16.5. The lowest BCUT2D eigenvalue weighted by molar-refractivity contribution is 0.1000. The van der Waals surface area contributed by atoms with Gasteiger partial charge in [0.25, 0.3) is 0 Å². The Hall–Kier alpha value is -4.13. The lowest BCUT2D eigenvalue weighted by Gasteiger charge is -2.13. The quantitative estimate of drug-likeness (QED) is 0.384. The Bertz CT molecular complexity index is 1500. The third kappa shape index (κ3) is 3.69. The zero-order valence-electron chi connectivity index (χ0n) is 19.7. The monoisotopic (exact) mass is 452 g/mol. The number of nitrogens with zero attached hydrogens (tertiary/aromatic N) is 5. The third-order valence-electron chi connectivity index (χ3n) is 6.27.